The molecule has 2 rings (SSSR count). The molecular weight excluding hydrogens is 233 g/mol. The van der Waals surface area contributed by atoms with Crippen LogP contribution in [0.2, 0.25) is 0 Å². The normalized spacial score (nSPS) is 34.8. The van der Waals surface area contributed by atoms with Gasteiger partial charge in [0, 0.05) is 2.74 Å². The van der Waals surface area contributed by atoms with Crippen LogP contribution in [0.15, 0.2) is 11.0 Å². The largest absolute Gasteiger partial charge is 0.388 e. The van der Waals surface area contributed by atoms with E-state index in [0.29, 0.717) is 10.8 Å². The third kappa shape index (κ3) is 1.90. The highest BCUT2D eigenvalue weighted by Gasteiger charge is 2.41. The number of aromatic nitrogens is 2. The van der Waals surface area contributed by atoms with Crippen molar-refractivity contribution < 1.29 is 22.1 Å². The molecule has 0 aromatic carbocycles. The van der Waals surface area contributed by atoms with Crippen molar-refractivity contribution in [3.05, 3.63) is 22.5 Å². The highest BCUT2D eigenvalue weighted by Crippen LogP contribution is 2.28. The first-order valence-corrected chi connectivity index (χ1v) is 4.73. The number of ether oxygens (including phenoxy) is 1. The van der Waals surface area contributed by atoms with E-state index in [1.165, 1.54) is 0 Å². The molecule has 8 heteroatoms. The smallest absolute Gasteiger partial charge is 0.351 e. The molecule has 1 aliphatic rings. The lowest BCUT2D eigenvalue weighted by Gasteiger charge is -2.17. The Morgan fingerprint density at radius 1 is 1.65 bits per heavy atom. The van der Waals surface area contributed by atoms with Gasteiger partial charge in [0.25, 0.3) is 0 Å². The summed E-state index contributed by atoms with van der Waals surface area (Å²) in [5, 5.41) is 19.3. The molecule has 2 unspecified atom stereocenters. The zero-order valence-electron chi connectivity index (χ0n) is 10.5. The van der Waals surface area contributed by atoms with E-state index >= 15 is 0 Å². The minimum Gasteiger partial charge on any atom is -0.388 e. The van der Waals surface area contributed by atoms with E-state index in [0.717, 1.165) is 0 Å². The van der Waals surface area contributed by atoms with Crippen LogP contribution >= 0.6 is 0 Å². The van der Waals surface area contributed by atoms with E-state index in [4.69, 9.17) is 13.2 Å². The van der Waals surface area contributed by atoms with Gasteiger partial charge in [-0.1, -0.05) is 0 Å². The summed E-state index contributed by atoms with van der Waals surface area (Å²) in [7, 11) is 0. The zero-order valence-corrected chi connectivity index (χ0v) is 8.52. The van der Waals surface area contributed by atoms with Gasteiger partial charge in [-0.05, 0) is 6.88 Å². The van der Waals surface area contributed by atoms with Gasteiger partial charge in [-0.15, -0.1) is 0 Å². The molecule has 0 aliphatic carbocycles. The molecule has 0 amide bonds. The number of halogens is 1. The Kier molecular flexibility index (Phi) is 2.27. The van der Waals surface area contributed by atoms with Crippen molar-refractivity contribution in [3.63, 3.8) is 0 Å². The van der Waals surface area contributed by atoms with E-state index in [2.05, 4.69) is 4.98 Å². The van der Waals surface area contributed by atoms with Gasteiger partial charge in [0.15, 0.2) is 17.9 Å². The van der Waals surface area contributed by atoms with Crippen molar-refractivity contribution in [3.8, 4) is 0 Å². The number of nitrogen functional groups attached to an aromatic ring is 1. The number of hydrogen-bond donors (Lipinski definition) is 3. The number of aliphatic hydroxyl groups excluding tert-OH is 2. The van der Waals surface area contributed by atoms with E-state index in [9.17, 15) is 19.4 Å². The van der Waals surface area contributed by atoms with Crippen LogP contribution in [0.3, 0.4) is 0 Å². The maximum atomic E-state index is 13.3. The molecule has 0 radical (unpaired) electrons. The maximum absolute atomic E-state index is 13.3. The molecular formula is C9H12FN3O4. The van der Waals surface area contributed by atoms with Crippen LogP contribution < -0.4 is 11.4 Å². The van der Waals surface area contributed by atoms with Crippen LogP contribution in [0.5, 0.6) is 0 Å². The van der Waals surface area contributed by atoms with Gasteiger partial charge >= 0.3 is 5.69 Å². The Morgan fingerprint density at radius 3 is 2.94 bits per heavy atom. The quantitative estimate of drug-likeness (QED) is 0.563. The number of nitrogens with zero attached hydrogens (tertiary/aromatic N) is 2. The Hall–Kier alpha value is -1.51. The van der Waals surface area contributed by atoms with Crippen molar-refractivity contribution in [1.29, 1.82) is 0 Å². The van der Waals surface area contributed by atoms with Gasteiger partial charge in [0.1, 0.15) is 12.2 Å². The summed E-state index contributed by atoms with van der Waals surface area (Å²) in [5.41, 5.74) is 4.14. The highest BCUT2D eigenvalue weighted by molar-refractivity contribution is 5.26. The molecule has 4 atom stereocenters. The third-order valence-electron chi connectivity index (χ3n) is 2.48. The fourth-order valence-electron chi connectivity index (χ4n) is 1.56. The Morgan fingerprint density at radius 2 is 2.35 bits per heavy atom. The van der Waals surface area contributed by atoms with Crippen LogP contribution in [0, 0.1) is 5.82 Å². The molecule has 1 aromatic heterocycles. The lowest BCUT2D eigenvalue weighted by atomic mass is 10.1. The zero-order chi connectivity index (χ0) is 14.3. The minimum absolute atomic E-state index is 0.593. The molecule has 2 heterocycles. The van der Waals surface area contributed by atoms with Crippen molar-refractivity contribution in [1.82, 2.24) is 9.55 Å². The number of aliphatic hydroxyl groups is 2. The molecule has 4 N–H and O–H groups in total. The van der Waals surface area contributed by atoms with Gasteiger partial charge in [0.05, 0.1) is 12.3 Å². The van der Waals surface area contributed by atoms with Crippen molar-refractivity contribution in [2.24, 2.45) is 0 Å². The predicted octanol–water partition coefficient (Wildman–Crippen LogP) is -1.40. The predicted molar refractivity (Wildman–Crippen MR) is 54.5 cm³/mol. The second kappa shape index (κ2) is 4.06. The summed E-state index contributed by atoms with van der Waals surface area (Å²) in [5.74, 6) is -1.58. The van der Waals surface area contributed by atoms with E-state index < -0.39 is 48.7 Å². The van der Waals surface area contributed by atoms with Crippen molar-refractivity contribution >= 4 is 5.82 Å². The van der Waals surface area contributed by atoms with Crippen molar-refractivity contribution in [2.45, 2.75) is 31.4 Å². The SMILES string of the molecule is [2H]C([2H])[C@H]1O[C@@H](n2cc(F)c(N)nc2=O)C(O)C1O. The van der Waals surface area contributed by atoms with Crippen LogP contribution in [0.4, 0.5) is 10.2 Å². The molecule has 17 heavy (non-hydrogen) atoms. The lowest BCUT2D eigenvalue weighted by Crippen LogP contribution is -2.35. The summed E-state index contributed by atoms with van der Waals surface area (Å²) in [6, 6.07) is 0. The van der Waals surface area contributed by atoms with Gasteiger partial charge in [0.2, 0.25) is 0 Å². The number of nitrogens with two attached hydrogens (primary N) is 1. The summed E-state index contributed by atoms with van der Waals surface area (Å²) < 4.78 is 33.3. The first-order valence-electron chi connectivity index (χ1n) is 5.88. The third-order valence-corrected chi connectivity index (χ3v) is 2.48. The van der Waals surface area contributed by atoms with E-state index in [1.54, 1.807) is 0 Å². The average molecular weight is 247 g/mol. The van der Waals surface area contributed by atoms with E-state index in [-0.39, 0.29) is 0 Å². The molecule has 0 saturated carbocycles. The first kappa shape index (κ1) is 9.51. The van der Waals surface area contributed by atoms with Crippen LogP contribution in [0.25, 0.3) is 0 Å². The average Bonchev–Trinajstić information content (AvgIpc) is 2.62. The second-order valence-corrected chi connectivity index (χ2v) is 3.64. The molecule has 7 nitrogen and oxygen atoms in total. The number of rotatable bonds is 1. The van der Waals surface area contributed by atoms with Gasteiger partial charge in [-0.3, -0.25) is 4.57 Å². The molecule has 1 aromatic rings. The summed E-state index contributed by atoms with van der Waals surface area (Å²) in [4.78, 5) is 14.7. The Balaban J connectivity index is 2.38. The minimum atomic E-state index is -1.58. The standard InChI is InChI=1S/C9H12FN3O4/c1-3-5(14)6(15)8(17-3)13-2-4(10)7(11)12-9(13)16/h2-3,5-6,8,14-15H,1H3,(H2,11,12,16)/t3-,5?,6?,8-/m1/s1/i1D2. The molecule has 1 saturated heterocycles. The molecule has 0 spiro atoms. The fraction of sp³-hybridized carbons (Fsp3) is 0.556. The van der Waals surface area contributed by atoms with Gasteiger partial charge in [-0.25, -0.2) is 9.18 Å². The Labute approximate surface area is 98.1 Å². The molecule has 1 fully saturated rings. The lowest BCUT2D eigenvalue weighted by molar-refractivity contribution is -0.0355. The molecule has 1 aliphatic heterocycles. The summed E-state index contributed by atoms with van der Waals surface area (Å²) >= 11 is 0. The fourth-order valence-corrected chi connectivity index (χ4v) is 1.56. The monoisotopic (exact) mass is 247 g/mol. The van der Waals surface area contributed by atoms with Crippen LogP contribution in [-0.2, 0) is 4.74 Å². The highest BCUT2D eigenvalue weighted by atomic mass is 19.1. The van der Waals surface area contributed by atoms with Crippen LogP contribution in [-0.4, -0.2) is 38.1 Å². The number of anilines is 1. The summed E-state index contributed by atoms with van der Waals surface area (Å²) in [6.07, 6.45) is -5.15. The van der Waals surface area contributed by atoms with Crippen LogP contribution in [0.1, 0.15) is 15.8 Å². The first-order chi connectivity index (χ1) is 8.82. The maximum Gasteiger partial charge on any atom is 0.351 e. The van der Waals surface area contributed by atoms with Crippen molar-refractivity contribution in [2.75, 3.05) is 5.73 Å². The van der Waals surface area contributed by atoms with Gasteiger partial charge in [-0.2, -0.15) is 4.98 Å². The summed E-state index contributed by atoms with van der Waals surface area (Å²) in [6.45, 7) is -1.57. The van der Waals surface area contributed by atoms with E-state index in [1.807, 2.05) is 0 Å². The molecule has 0 bridgehead atoms. The van der Waals surface area contributed by atoms with Gasteiger partial charge < -0.3 is 20.7 Å². The Bertz CT molecular complexity index is 541. The number of hydrogen-bond acceptors (Lipinski definition) is 6. The second-order valence-electron chi connectivity index (χ2n) is 3.64. The topological polar surface area (TPSA) is 111 Å². The molecule has 94 valence electrons.